The van der Waals surface area contributed by atoms with Crippen LogP contribution in [0.1, 0.15) is 16.7 Å². The van der Waals surface area contributed by atoms with Gasteiger partial charge in [-0.1, -0.05) is 47.5 Å². The highest BCUT2D eigenvalue weighted by molar-refractivity contribution is 6.31. The van der Waals surface area contributed by atoms with Gasteiger partial charge in [0.25, 0.3) is 0 Å². The lowest BCUT2D eigenvalue weighted by atomic mass is 10.1. The van der Waals surface area contributed by atoms with Gasteiger partial charge in [0.15, 0.2) is 0 Å². The highest BCUT2D eigenvalue weighted by Crippen LogP contribution is 2.24. The van der Waals surface area contributed by atoms with Gasteiger partial charge in [0, 0.05) is 24.3 Å². The molecule has 0 spiro atoms. The SMILES string of the molecule is Cc1ccc(CN(C)c2ccc(CO)c(Cl)c2)cc1. The summed E-state index contributed by atoms with van der Waals surface area (Å²) in [6, 6.07) is 14.2. The van der Waals surface area contributed by atoms with Crippen molar-refractivity contribution in [3.63, 3.8) is 0 Å². The van der Waals surface area contributed by atoms with E-state index in [9.17, 15) is 0 Å². The van der Waals surface area contributed by atoms with Crippen LogP contribution in [0, 0.1) is 6.92 Å². The maximum atomic E-state index is 9.11. The van der Waals surface area contributed by atoms with Gasteiger partial charge in [-0.3, -0.25) is 0 Å². The van der Waals surface area contributed by atoms with E-state index >= 15 is 0 Å². The molecule has 0 fully saturated rings. The molecule has 100 valence electrons. The smallest absolute Gasteiger partial charge is 0.0696 e. The van der Waals surface area contributed by atoms with Crippen LogP contribution in [0.15, 0.2) is 42.5 Å². The number of rotatable bonds is 4. The van der Waals surface area contributed by atoms with Crippen LogP contribution in [0.25, 0.3) is 0 Å². The van der Waals surface area contributed by atoms with Crippen LogP contribution in [-0.2, 0) is 13.2 Å². The summed E-state index contributed by atoms with van der Waals surface area (Å²) in [6.07, 6.45) is 0. The van der Waals surface area contributed by atoms with Crippen molar-refractivity contribution in [3.05, 3.63) is 64.2 Å². The molecule has 0 heterocycles. The largest absolute Gasteiger partial charge is 0.392 e. The van der Waals surface area contributed by atoms with Crippen molar-refractivity contribution in [2.24, 2.45) is 0 Å². The van der Waals surface area contributed by atoms with E-state index in [2.05, 4.69) is 36.1 Å². The lowest BCUT2D eigenvalue weighted by molar-refractivity contribution is 0.282. The van der Waals surface area contributed by atoms with Crippen LogP contribution < -0.4 is 4.90 Å². The summed E-state index contributed by atoms with van der Waals surface area (Å²) in [7, 11) is 2.03. The van der Waals surface area contributed by atoms with Crippen molar-refractivity contribution in [1.29, 1.82) is 0 Å². The molecule has 0 aliphatic rings. The second-order valence-corrected chi connectivity index (χ2v) is 5.18. The van der Waals surface area contributed by atoms with E-state index in [4.69, 9.17) is 16.7 Å². The number of aliphatic hydroxyl groups is 1. The van der Waals surface area contributed by atoms with E-state index < -0.39 is 0 Å². The number of benzene rings is 2. The third kappa shape index (κ3) is 3.49. The number of aryl methyl sites for hydroxylation is 1. The molecular weight excluding hydrogens is 258 g/mol. The second kappa shape index (κ2) is 6.09. The Morgan fingerprint density at radius 2 is 1.79 bits per heavy atom. The summed E-state index contributed by atoms with van der Waals surface area (Å²) >= 11 is 6.11. The summed E-state index contributed by atoms with van der Waals surface area (Å²) < 4.78 is 0. The van der Waals surface area contributed by atoms with Crippen molar-refractivity contribution < 1.29 is 5.11 Å². The van der Waals surface area contributed by atoms with Gasteiger partial charge in [0.2, 0.25) is 0 Å². The number of anilines is 1. The zero-order valence-corrected chi connectivity index (χ0v) is 12.0. The highest BCUT2D eigenvalue weighted by atomic mass is 35.5. The van der Waals surface area contributed by atoms with Gasteiger partial charge in [-0.2, -0.15) is 0 Å². The van der Waals surface area contributed by atoms with Crippen molar-refractivity contribution in [3.8, 4) is 0 Å². The molecule has 0 radical (unpaired) electrons. The molecule has 0 aliphatic heterocycles. The van der Waals surface area contributed by atoms with E-state index in [0.717, 1.165) is 17.8 Å². The average Bonchev–Trinajstić information content (AvgIpc) is 2.41. The molecule has 2 aromatic rings. The van der Waals surface area contributed by atoms with E-state index in [1.807, 2.05) is 25.2 Å². The van der Waals surface area contributed by atoms with Crippen molar-refractivity contribution in [1.82, 2.24) is 0 Å². The Bertz CT molecular complexity index is 551. The van der Waals surface area contributed by atoms with Crippen LogP contribution in [0.5, 0.6) is 0 Å². The minimum absolute atomic E-state index is 0.0270. The number of aliphatic hydroxyl groups excluding tert-OH is 1. The first kappa shape index (κ1) is 13.9. The predicted octanol–water partition coefficient (Wildman–Crippen LogP) is 3.78. The molecule has 0 unspecified atom stereocenters. The fourth-order valence-electron chi connectivity index (χ4n) is 1.96. The first-order valence-corrected chi connectivity index (χ1v) is 6.64. The monoisotopic (exact) mass is 275 g/mol. The van der Waals surface area contributed by atoms with E-state index in [0.29, 0.717) is 5.02 Å². The zero-order chi connectivity index (χ0) is 13.8. The molecule has 0 aromatic heterocycles. The fourth-order valence-corrected chi connectivity index (χ4v) is 2.20. The van der Waals surface area contributed by atoms with Crippen LogP contribution in [0.4, 0.5) is 5.69 Å². The van der Waals surface area contributed by atoms with Crippen LogP contribution in [0.3, 0.4) is 0 Å². The summed E-state index contributed by atoms with van der Waals surface area (Å²) in [5.74, 6) is 0. The van der Waals surface area contributed by atoms with Gasteiger partial charge >= 0.3 is 0 Å². The maximum absolute atomic E-state index is 9.11. The zero-order valence-electron chi connectivity index (χ0n) is 11.2. The molecule has 0 amide bonds. The van der Waals surface area contributed by atoms with E-state index in [1.165, 1.54) is 11.1 Å². The third-order valence-corrected chi connectivity index (χ3v) is 3.54. The van der Waals surface area contributed by atoms with Crippen LogP contribution >= 0.6 is 11.6 Å². The quantitative estimate of drug-likeness (QED) is 0.918. The Morgan fingerprint density at radius 3 is 2.37 bits per heavy atom. The molecule has 0 atom stereocenters. The summed E-state index contributed by atoms with van der Waals surface area (Å²) in [5.41, 5.74) is 4.33. The molecule has 2 nitrogen and oxygen atoms in total. The molecule has 3 heteroatoms. The van der Waals surface area contributed by atoms with Crippen LogP contribution in [-0.4, -0.2) is 12.2 Å². The van der Waals surface area contributed by atoms with Gasteiger partial charge in [0.05, 0.1) is 6.61 Å². The first-order valence-electron chi connectivity index (χ1n) is 6.26. The molecule has 0 bridgehead atoms. The number of hydrogen-bond acceptors (Lipinski definition) is 2. The van der Waals surface area contributed by atoms with Gasteiger partial charge < -0.3 is 10.0 Å². The van der Waals surface area contributed by atoms with Gasteiger partial charge in [-0.25, -0.2) is 0 Å². The van der Waals surface area contributed by atoms with E-state index in [-0.39, 0.29) is 6.61 Å². The van der Waals surface area contributed by atoms with Gasteiger partial charge in [-0.05, 0) is 30.2 Å². The second-order valence-electron chi connectivity index (χ2n) is 4.78. The minimum atomic E-state index is -0.0270. The molecule has 19 heavy (non-hydrogen) atoms. The number of halogens is 1. The average molecular weight is 276 g/mol. The molecule has 2 rings (SSSR count). The number of nitrogens with zero attached hydrogens (tertiary/aromatic N) is 1. The minimum Gasteiger partial charge on any atom is -0.392 e. The highest BCUT2D eigenvalue weighted by Gasteiger charge is 2.05. The molecule has 0 saturated carbocycles. The molecular formula is C16H18ClNO. The summed E-state index contributed by atoms with van der Waals surface area (Å²) in [4.78, 5) is 2.14. The Morgan fingerprint density at radius 1 is 1.11 bits per heavy atom. The standard InChI is InChI=1S/C16H18ClNO/c1-12-3-5-13(6-4-12)10-18(2)15-8-7-14(11-19)16(17)9-15/h3-9,19H,10-11H2,1-2H3. The van der Waals surface area contributed by atoms with Crippen molar-refractivity contribution in [2.75, 3.05) is 11.9 Å². The first-order chi connectivity index (χ1) is 9.10. The van der Waals surface area contributed by atoms with E-state index in [1.54, 1.807) is 0 Å². The Hall–Kier alpha value is -1.51. The van der Waals surface area contributed by atoms with Crippen LogP contribution in [0.2, 0.25) is 5.02 Å². The molecule has 0 saturated heterocycles. The lowest BCUT2D eigenvalue weighted by Gasteiger charge is -2.20. The summed E-state index contributed by atoms with van der Waals surface area (Å²) in [5, 5.41) is 9.72. The topological polar surface area (TPSA) is 23.5 Å². The Balaban J connectivity index is 2.13. The predicted molar refractivity (Wildman–Crippen MR) is 80.7 cm³/mol. The van der Waals surface area contributed by atoms with Gasteiger partial charge in [-0.15, -0.1) is 0 Å². The summed E-state index contributed by atoms with van der Waals surface area (Å²) in [6.45, 7) is 2.89. The van der Waals surface area contributed by atoms with Crippen molar-refractivity contribution >= 4 is 17.3 Å². The molecule has 2 aromatic carbocycles. The Labute approximate surface area is 119 Å². The third-order valence-electron chi connectivity index (χ3n) is 3.19. The maximum Gasteiger partial charge on any atom is 0.0696 e. The van der Waals surface area contributed by atoms with Crippen molar-refractivity contribution in [2.45, 2.75) is 20.1 Å². The fraction of sp³-hybridized carbons (Fsp3) is 0.250. The molecule has 0 aliphatic carbocycles. The lowest BCUT2D eigenvalue weighted by Crippen LogP contribution is -2.16. The number of hydrogen-bond donors (Lipinski definition) is 1. The Kier molecular flexibility index (Phi) is 4.46. The van der Waals surface area contributed by atoms with Gasteiger partial charge in [0.1, 0.15) is 0 Å². The molecule has 1 N–H and O–H groups in total. The normalized spacial score (nSPS) is 10.5.